The van der Waals surface area contributed by atoms with Gasteiger partial charge in [0, 0.05) is 31.5 Å². The molecule has 1 aliphatic rings. The average Bonchev–Trinajstić information content (AvgIpc) is 2.75. The van der Waals surface area contributed by atoms with Gasteiger partial charge in [0.1, 0.15) is 0 Å². The summed E-state index contributed by atoms with van der Waals surface area (Å²) >= 11 is 0. The lowest BCUT2D eigenvalue weighted by Crippen LogP contribution is -2.30. The smallest absolute Gasteiger partial charge is 0.0255 e. The third-order valence-corrected chi connectivity index (χ3v) is 3.67. The maximum atomic E-state index is 3.25. The summed E-state index contributed by atoms with van der Waals surface area (Å²) in [5.74, 6) is 0. The summed E-state index contributed by atoms with van der Waals surface area (Å²) in [7, 11) is 0. The van der Waals surface area contributed by atoms with Crippen molar-refractivity contribution in [2.24, 2.45) is 0 Å². The Kier molecular flexibility index (Phi) is 2.73. The minimum absolute atomic E-state index is 1.06. The number of hydrogen-bond donors (Lipinski definition) is 1. The van der Waals surface area contributed by atoms with Crippen LogP contribution in [-0.2, 0) is 19.5 Å². The third kappa shape index (κ3) is 2.13. The summed E-state index contributed by atoms with van der Waals surface area (Å²) in [6, 6.07) is 11.0. The first-order valence-electron chi connectivity index (χ1n) is 6.25. The Balaban J connectivity index is 1.74. The van der Waals surface area contributed by atoms with Crippen LogP contribution in [0.3, 0.4) is 0 Å². The molecule has 0 saturated heterocycles. The van der Waals surface area contributed by atoms with E-state index in [4.69, 9.17) is 0 Å². The van der Waals surface area contributed by atoms with Crippen molar-refractivity contribution in [3.8, 4) is 0 Å². The number of rotatable bonds is 2. The standard InChI is InChI=1S/C15H18N2/c1-12-14(6-8-16-12)10-17-9-7-13-4-2-3-5-15(13)11-17/h2-6,8,16H,7,9-11H2,1H3. The topological polar surface area (TPSA) is 19.0 Å². The van der Waals surface area contributed by atoms with Crippen molar-refractivity contribution >= 4 is 0 Å². The highest BCUT2D eigenvalue weighted by atomic mass is 15.1. The van der Waals surface area contributed by atoms with Gasteiger partial charge in [0.2, 0.25) is 0 Å². The molecule has 0 aliphatic carbocycles. The molecular weight excluding hydrogens is 208 g/mol. The number of benzene rings is 1. The molecule has 0 bridgehead atoms. The van der Waals surface area contributed by atoms with Crippen LogP contribution in [-0.4, -0.2) is 16.4 Å². The van der Waals surface area contributed by atoms with Gasteiger partial charge in [-0.2, -0.15) is 0 Å². The van der Waals surface area contributed by atoms with Crippen molar-refractivity contribution in [3.63, 3.8) is 0 Å². The third-order valence-electron chi connectivity index (χ3n) is 3.67. The van der Waals surface area contributed by atoms with Gasteiger partial charge in [-0.25, -0.2) is 0 Å². The van der Waals surface area contributed by atoms with E-state index in [1.54, 1.807) is 0 Å². The van der Waals surface area contributed by atoms with E-state index < -0.39 is 0 Å². The number of nitrogens with one attached hydrogen (secondary N) is 1. The molecule has 1 aromatic carbocycles. The van der Waals surface area contributed by atoms with Gasteiger partial charge in [0.15, 0.2) is 0 Å². The molecule has 1 N–H and O–H groups in total. The van der Waals surface area contributed by atoms with Crippen LogP contribution in [0.2, 0.25) is 0 Å². The van der Waals surface area contributed by atoms with E-state index in [1.165, 1.54) is 35.3 Å². The van der Waals surface area contributed by atoms with E-state index in [0.717, 1.165) is 13.1 Å². The van der Waals surface area contributed by atoms with Crippen LogP contribution in [0.5, 0.6) is 0 Å². The molecule has 1 aromatic heterocycles. The quantitative estimate of drug-likeness (QED) is 0.834. The van der Waals surface area contributed by atoms with Crippen LogP contribution in [0.25, 0.3) is 0 Å². The average molecular weight is 226 g/mol. The fourth-order valence-electron chi connectivity index (χ4n) is 2.59. The molecule has 3 rings (SSSR count). The van der Waals surface area contributed by atoms with E-state index in [2.05, 4.69) is 47.1 Å². The first-order chi connectivity index (χ1) is 8.33. The molecule has 0 radical (unpaired) electrons. The van der Waals surface area contributed by atoms with Crippen LogP contribution in [0, 0.1) is 6.92 Å². The number of nitrogens with zero attached hydrogens (tertiary/aromatic N) is 1. The molecule has 1 aliphatic heterocycles. The Morgan fingerprint density at radius 3 is 2.76 bits per heavy atom. The number of aryl methyl sites for hydroxylation is 1. The zero-order chi connectivity index (χ0) is 11.7. The zero-order valence-electron chi connectivity index (χ0n) is 10.2. The Labute approximate surface area is 102 Å². The highest BCUT2D eigenvalue weighted by molar-refractivity contribution is 5.29. The molecule has 0 amide bonds. The maximum Gasteiger partial charge on any atom is 0.0255 e. The highest BCUT2D eigenvalue weighted by Gasteiger charge is 2.16. The minimum atomic E-state index is 1.06. The van der Waals surface area contributed by atoms with Crippen molar-refractivity contribution in [2.75, 3.05) is 6.54 Å². The Morgan fingerprint density at radius 2 is 2.00 bits per heavy atom. The van der Waals surface area contributed by atoms with Crippen molar-refractivity contribution < 1.29 is 0 Å². The molecule has 88 valence electrons. The number of aromatic nitrogens is 1. The molecule has 2 aromatic rings. The second-order valence-corrected chi connectivity index (χ2v) is 4.86. The Morgan fingerprint density at radius 1 is 1.18 bits per heavy atom. The second kappa shape index (κ2) is 4.38. The summed E-state index contributed by atoms with van der Waals surface area (Å²) in [6.07, 6.45) is 3.21. The summed E-state index contributed by atoms with van der Waals surface area (Å²) in [5, 5.41) is 0. The number of hydrogen-bond acceptors (Lipinski definition) is 1. The van der Waals surface area contributed by atoms with Crippen LogP contribution < -0.4 is 0 Å². The summed E-state index contributed by atoms with van der Waals surface area (Å²) < 4.78 is 0. The summed E-state index contributed by atoms with van der Waals surface area (Å²) in [5.41, 5.74) is 5.73. The van der Waals surface area contributed by atoms with Crippen molar-refractivity contribution in [3.05, 3.63) is 58.9 Å². The van der Waals surface area contributed by atoms with E-state index in [1.807, 2.05) is 6.20 Å². The molecule has 0 atom stereocenters. The normalized spacial score (nSPS) is 15.8. The first-order valence-corrected chi connectivity index (χ1v) is 6.25. The van der Waals surface area contributed by atoms with Gasteiger partial charge in [-0.3, -0.25) is 4.90 Å². The predicted octanol–water partition coefficient (Wildman–Crippen LogP) is 2.88. The van der Waals surface area contributed by atoms with E-state index in [-0.39, 0.29) is 0 Å². The minimum Gasteiger partial charge on any atom is -0.365 e. The largest absolute Gasteiger partial charge is 0.365 e. The SMILES string of the molecule is Cc1[nH]ccc1CN1CCc2ccccc2C1. The number of fused-ring (bicyclic) bond motifs is 1. The monoisotopic (exact) mass is 226 g/mol. The van der Waals surface area contributed by atoms with Crippen molar-refractivity contribution in [2.45, 2.75) is 26.4 Å². The van der Waals surface area contributed by atoms with Gasteiger partial charge in [0.25, 0.3) is 0 Å². The van der Waals surface area contributed by atoms with E-state index in [9.17, 15) is 0 Å². The lowest BCUT2D eigenvalue weighted by molar-refractivity contribution is 0.245. The molecule has 2 heterocycles. The molecule has 17 heavy (non-hydrogen) atoms. The highest BCUT2D eigenvalue weighted by Crippen LogP contribution is 2.20. The van der Waals surface area contributed by atoms with Crippen molar-refractivity contribution in [1.82, 2.24) is 9.88 Å². The number of H-pyrrole nitrogens is 1. The Bertz CT molecular complexity index is 513. The molecule has 2 nitrogen and oxygen atoms in total. The fraction of sp³-hybridized carbons (Fsp3) is 0.333. The maximum absolute atomic E-state index is 3.25. The van der Waals surface area contributed by atoms with Gasteiger partial charge in [-0.05, 0) is 36.1 Å². The molecule has 0 saturated carbocycles. The lowest BCUT2D eigenvalue weighted by atomic mass is 9.99. The van der Waals surface area contributed by atoms with Crippen LogP contribution >= 0.6 is 0 Å². The van der Waals surface area contributed by atoms with Gasteiger partial charge >= 0.3 is 0 Å². The first kappa shape index (κ1) is 10.6. The van der Waals surface area contributed by atoms with Gasteiger partial charge in [-0.1, -0.05) is 24.3 Å². The predicted molar refractivity (Wildman–Crippen MR) is 69.8 cm³/mol. The number of aromatic amines is 1. The summed E-state index contributed by atoms with van der Waals surface area (Å²) in [6.45, 7) is 5.46. The molecule has 2 heteroatoms. The van der Waals surface area contributed by atoms with Crippen LogP contribution in [0.4, 0.5) is 0 Å². The zero-order valence-corrected chi connectivity index (χ0v) is 10.2. The van der Waals surface area contributed by atoms with Gasteiger partial charge in [-0.15, -0.1) is 0 Å². The molecule has 0 fully saturated rings. The molecule has 0 spiro atoms. The summed E-state index contributed by atoms with van der Waals surface area (Å²) in [4.78, 5) is 5.78. The van der Waals surface area contributed by atoms with Gasteiger partial charge in [0.05, 0.1) is 0 Å². The van der Waals surface area contributed by atoms with E-state index >= 15 is 0 Å². The fourth-order valence-corrected chi connectivity index (χ4v) is 2.59. The molecule has 0 unspecified atom stereocenters. The van der Waals surface area contributed by atoms with Crippen LogP contribution in [0.1, 0.15) is 22.4 Å². The van der Waals surface area contributed by atoms with Crippen molar-refractivity contribution in [1.29, 1.82) is 0 Å². The van der Waals surface area contributed by atoms with E-state index in [0.29, 0.717) is 0 Å². The second-order valence-electron chi connectivity index (χ2n) is 4.86. The molecular formula is C15H18N2. The Hall–Kier alpha value is -1.54. The van der Waals surface area contributed by atoms with Gasteiger partial charge < -0.3 is 4.98 Å². The lowest BCUT2D eigenvalue weighted by Gasteiger charge is -2.28. The van der Waals surface area contributed by atoms with Crippen LogP contribution in [0.15, 0.2) is 36.5 Å².